The van der Waals surface area contributed by atoms with Gasteiger partial charge in [-0.3, -0.25) is 0 Å². The first kappa shape index (κ1) is 24.5. The van der Waals surface area contributed by atoms with E-state index in [0.717, 1.165) is 33.4 Å². The molecular weight excluding hydrogens is 482 g/mol. The van der Waals surface area contributed by atoms with Crippen LogP contribution >= 0.6 is 0 Å². The lowest BCUT2D eigenvalue weighted by atomic mass is 9.64. The molecule has 0 N–H and O–H groups in total. The molecule has 0 heterocycles. The first-order valence-corrected chi connectivity index (χ1v) is 13.0. The molecule has 188 valence electrons. The van der Waals surface area contributed by atoms with E-state index in [2.05, 4.69) is 36.4 Å². The fourth-order valence-electron chi connectivity index (χ4n) is 5.56. The summed E-state index contributed by atoms with van der Waals surface area (Å²) in [7, 11) is 0. The maximum absolute atomic E-state index is 15.8. The molecule has 0 aliphatic rings. The van der Waals surface area contributed by atoms with Crippen LogP contribution in [0.4, 0.5) is 8.78 Å². The molecule has 6 aromatic carbocycles. The van der Waals surface area contributed by atoms with Gasteiger partial charge in [0, 0.05) is 11.1 Å². The van der Waals surface area contributed by atoms with Crippen molar-refractivity contribution in [2.45, 2.75) is 5.41 Å². The molecule has 0 spiro atoms. The summed E-state index contributed by atoms with van der Waals surface area (Å²) in [6.07, 6.45) is 0. The van der Waals surface area contributed by atoms with Gasteiger partial charge in [-0.05, 0) is 45.5 Å². The highest BCUT2D eigenvalue weighted by Gasteiger charge is 2.40. The minimum Gasteiger partial charge on any atom is -0.207 e. The Kier molecular flexibility index (Phi) is 6.61. The summed E-state index contributed by atoms with van der Waals surface area (Å²) >= 11 is 0. The van der Waals surface area contributed by atoms with Gasteiger partial charge in [0.15, 0.2) is 0 Å². The Morgan fingerprint density at radius 2 is 0.769 bits per heavy atom. The summed E-state index contributed by atoms with van der Waals surface area (Å²) in [6.45, 7) is 0. The van der Waals surface area contributed by atoms with Gasteiger partial charge >= 0.3 is 0 Å². The summed E-state index contributed by atoms with van der Waals surface area (Å²) in [4.78, 5) is 0. The van der Waals surface area contributed by atoms with Crippen LogP contribution in [-0.4, -0.2) is 0 Å². The van der Waals surface area contributed by atoms with Crippen LogP contribution in [0.1, 0.15) is 22.3 Å². The third-order valence-corrected chi connectivity index (χ3v) is 7.41. The molecule has 0 saturated heterocycles. The first-order chi connectivity index (χ1) is 19.2. The quantitative estimate of drug-likeness (QED) is 0.196. The standard InChI is InChI=1S/C37H26F2/c38-35-17-9-7-15-33(35)29-21-25-32(26-22-29)37(30-13-5-2-6-14-30,34-16-8-10-18-36(34)39)31-23-19-28(20-24-31)27-11-3-1-4-12-27/h1-26H. The van der Waals surface area contributed by atoms with Crippen molar-refractivity contribution in [2.75, 3.05) is 0 Å². The van der Waals surface area contributed by atoms with Crippen molar-refractivity contribution in [2.24, 2.45) is 0 Å². The van der Waals surface area contributed by atoms with Gasteiger partial charge in [0.1, 0.15) is 11.6 Å². The molecule has 39 heavy (non-hydrogen) atoms. The van der Waals surface area contributed by atoms with Crippen molar-refractivity contribution in [3.8, 4) is 22.3 Å². The molecule has 1 atom stereocenters. The van der Waals surface area contributed by atoms with E-state index in [1.165, 1.54) is 12.1 Å². The zero-order valence-electron chi connectivity index (χ0n) is 21.3. The lowest BCUT2D eigenvalue weighted by Gasteiger charge is -2.37. The van der Waals surface area contributed by atoms with Gasteiger partial charge in [0.25, 0.3) is 0 Å². The van der Waals surface area contributed by atoms with Gasteiger partial charge in [-0.25, -0.2) is 8.78 Å². The second-order valence-corrected chi connectivity index (χ2v) is 9.60. The molecule has 0 saturated carbocycles. The summed E-state index contributed by atoms with van der Waals surface area (Å²) in [5.74, 6) is -0.558. The molecule has 0 aliphatic carbocycles. The predicted octanol–water partition coefficient (Wildman–Crippen LogP) is 9.68. The van der Waals surface area contributed by atoms with E-state index in [4.69, 9.17) is 0 Å². The first-order valence-electron chi connectivity index (χ1n) is 13.0. The Labute approximate surface area is 227 Å². The van der Waals surface area contributed by atoms with Crippen LogP contribution in [0, 0.1) is 11.6 Å². The Morgan fingerprint density at radius 1 is 0.333 bits per heavy atom. The van der Waals surface area contributed by atoms with Crippen molar-refractivity contribution in [1.82, 2.24) is 0 Å². The van der Waals surface area contributed by atoms with Crippen LogP contribution in [-0.2, 0) is 5.41 Å². The van der Waals surface area contributed by atoms with Crippen LogP contribution in [0.5, 0.6) is 0 Å². The van der Waals surface area contributed by atoms with Crippen LogP contribution < -0.4 is 0 Å². The van der Waals surface area contributed by atoms with Crippen LogP contribution in [0.15, 0.2) is 158 Å². The molecular formula is C37H26F2. The van der Waals surface area contributed by atoms with Gasteiger partial charge < -0.3 is 0 Å². The van der Waals surface area contributed by atoms with E-state index in [1.807, 2.05) is 91.0 Å². The van der Waals surface area contributed by atoms with E-state index in [1.54, 1.807) is 18.2 Å². The highest BCUT2D eigenvalue weighted by atomic mass is 19.1. The van der Waals surface area contributed by atoms with E-state index in [9.17, 15) is 4.39 Å². The average Bonchev–Trinajstić information content (AvgIpc) is 3.00. The van der Waals surface area contributed by atoms with E-state index < -0.39 is 5.41 Å². The Morgan fingerprint density at radius 3 is 1.36 bits per heavy atom. The molecule has 0 fully saturated rings. The topological polar surface area (TPSA) is 0 Å². The molecule has 6 rings (SSSR count). The lowest BCUT2D eigenvalue weighted by Crippen LogP contribution is -2.32. The van der Waals surface area contributed by atoms with Gasteiger partial charge in [-0.1, -0.05) is 146 Å². The average molecular weight is 509 g/mol. The van der Waals surface area contributed by atoms with Gasteiger partial charge in [-0.2, -0.15) is 0 Å². The fraction of sp³-hybridized carbons (Fsp3) is 0.0270. The second-order valence-electron chi connectivity index (χ2n) is 9.60. The largest absolute Gasteiger partial charge is 0.207 e. The monoisotopic (exact) mass is 508 g/mol. The van der Waals surface area contributed by atoms with Crippen molar-refractivity contribution < 1.29 is 8.78 Å². The smallest absolute Gasteiger partial charge is 0.131 e. The molecule has 0 amide bonds. The van der Waals surface area contributed by atoms with E-state index in [0.29, 0.717) is 11.1 Å². The third-order valence-electron chi connectivity index (χ3n) is 7.41. The van der Waals surface area contributed by atoms with Crippen molar-refractivity contribution >= 4 is 0 Å². The predicted molar refractivity (Wildman–Crippen MR) is 156 cm³/mol. The molecule has 0 nitrogen and oxygen atoms in total. The number of hydrogen-bond donors (Lipinski definition) is 0. The minimum absolute atomic E-state index is 0.273. The highest BCUT2D eigenvalue weighted by Crippen LogP contribution is 2.46. The zero-order valence-corrected chi connectivity index (χ0v) is 21.3. The summed E-state index contributed by atoms with van der Waals surface area (Å²) in [5, 5.41) is 0. The maximum Gasteiger partial charge on any atom is 0.131 e. The molecule has 0 radical (unpaired) electrons. The zero-order chi connectivity index (χ0) is 26.7. The van der Waals surface area contributed by atoms with E-state index in [-0.39, 0.29) is 11.6 Å². The van der Waals surface area contributed by atoms with Gasteiger partial charge in [0.05, 0.1) is 5.41 Å². The molecule has 0 bridgehead atoms. The highest BCUT2D eigenvalue weighted by molar-refractivity contribution is 5.69. The van der Waals surface area contributed by atoms with Crippen LogP contribution in [0.25, 0.3) is 22.3 Å². The van der Waals surface area contributed by atoms with Gasteiger partial charge in [0.2, 0.25) is 0 Å². The van der Waals surface area contributed by atoms with Crippen molar-refractivity contribution in [3.63, 3.8) is 0 Å². The summed E-state index contributed by atoms with van der Waals surface area (Å²) < 4.78 is 30.4. The van der Waals surface area contributed by atoms with Gasteiger partial charge in [-0.15, -0.1) is 0 Å². The SMILES string of the molecule is Fc1ccccc1-c1ccc(C(c2ccccc2)(c2ccc(-c3ccccc3)cc2)c2ccccc2F)cc1. The lowest BCUT2D eigenvalue weighted by molar-refractivity contribution is 0.581. The minimum atomic E-state index is -0.935. The molecule has 0 aromatic heterocycles. The Bertz CT molecular complexity index is 1690. The number of rotatable bonds is 6. The molecule has 6 aromatic rings. The third kappa shape index (κ3) is 4.45. The number of benzene rings is 6. The second kappa shape index (κ2) is 10.5. The Balaban J connectivity index is 1.60. The molecule has 1 unspecified atom stereocenters. The van der Waals surface area contributed by atoms with Crippen LogP contribution in [0.3, 0.4) is 0 Å². The normalized spacial score (nSPS) is 12.6. The number of hydrogen-bond acceptors (Lipinski definition) is 0. The molecule has 2 heteroatoms. The van der Waals surface area contributed by atoms with Crippen molar-refractivity contribution in [1.29, 1.82) is 0 Å². The summed E-state index contributed by atoms with van der Waals surface area (Å²) in [5.41, 5.74) is 5.92. The Hall–Kier alpha value is -4.82. The fourth-order valence-corrected chi connectivity index (χ4v) is 5.56. The van der Waals surface area contributed by atoms with Crippen molar-refractivity contribution in [3.05, 3.63) is 192 Å². The molecule has 0 aliphatic heterocycles. The number of halogens is 2. The van der Waals surface area contributed by atoms with E-state index >= 15 is 4.39 Å². The maximum atomic E-state index is 15.8. The summed E-state index contributed by atoms with van der Waals surface area (Å²) in [6, 6.07) is 50.1. The van der Waals surface area contributed by atoms with Crippen LogP contribution in [0.2, 0.25) is 0 Å².